The van der Waals surface area contributed by atoms with Gasteiger partial charge in [0, 0.05) is 14.1 Å². The molecule has 0 aliphatic carbocycles. The molecule has 1 rings (SSSR count). The summed E-state index contributed by atoms with van der Waals surface area (Å²) in [6.45, 7) is 0. The third-order valence-corrected chi connectivity index (χ3v) is 1.34. The third-order valence-electron chi connectivity index (χ3n) is 1.34. The highest BCUT2D eigenvalue weighted by atomic mass is 16.3. The van der Waals surface area contributed by atoms with Gasteiger partial charge in [-0.1, -0.05) is 0 Å². The van der Waals surface area contributed by atoms with Gasteiger partial charge in [0.1, 0.15) is 0 Å². The van der Waals surface area contributed by atoms with E-state index >= 15 is 0 Å². The Labute approximate surface area is 61.4 Å². The van der Waals surface area contributed by atoms with E-state index in [1.165, 1.54) is 14.1 Å². The lowest BCUT2D eigenvalue weighted by Gasteiger charge is -2.09. The van der Waals surface area contributed by atoms with Gasteiger partial charge in [0.25, 0.3) is 0 Å². The lowest BCUT2D eigenvalue weighted by molar-refractivity contribution is -0.287. The second-order valence-electron chi connectivity index (χ2n) is 2.08. The lowest BCUT2D eigenvalue weighted by Crippen LogP contribution is -2.39. The van der Waals surface area contributed by atoms with Crippen LogP contribution >= 0.6 is 0 Å². The molecule has 0 atom stereocenters. The molecule has 0 bridgehead atoms. The van der Waals surface area contributed by atoms with Gasteiger partial charge in [-0.2, -0.15) is 4.98 Å². The van der Waals surface area contributed by atoms with Gasteiger partial charge >= 0.3 is 11.4 Å². The van der Waals surface area contributed by atoms with Gasteiger partial charge in [-0.25, -0.2) is 14.2 Å². The van der Waals surface area contributed by atoms with Crippen molar-refractivity contribution in [2.45, 2.75) is 0 Å². The van der Waals surface area contributed by atoms with Crippen molar-refractivity contribution < 1.29 is 5.11 Å². The van der Waals surface area contributed by atoms with Crippen LogP contribution in [0.5, 0.6) is 6.01 Å². The zero-order chi connectivity index (χ0) is 8.59. The van der Waals surface area contributed by atoms with Gasteiger partial charge in [0.15, 0.2) is 0 Å². The van der Waals surface area contributed by atoms with E-state index in [0.717, 1.165) is 9.13 Å². The fourth-order valence-electron chi connectivity index (χ4n) is 0.620. The molecule has 0 aromatic carbocycles. The Kier molecular flexibility index (Phi) is 1.52. The average molecular weight is 156 g/mol. The van der Waals surface area contributed by atoms with E-state index in [1.807, 2.05) is 0 Å². The van der Waals surface area contributed by atoms with Crippen molar-refractivity contribution in [2.24, 2.45) is 14.1 Å². The number of nitrogens with zero attached hydrogens (tertiary/aromatic N) is 3. The zero-order valence-corrected chi connectivity index (χ0v) is 6.07. The first-order valence-corrected chi connectivity index (χ1v) is 2.85. The second kappa shape index (κ2) is 2.22. The topological polar surface area (TPSA) is 79.9 Å². The molecule has 0 amide bonds. The van der Waals surface area contributed by atoms with E-state index < -0.39 is 17.4 Å². The summed E-state index contributed by atoms with van der Waals surface area (Å²) in [6.07, 6.45) is 0. The molecule has 0 unspecified atom stereocenters. The van der Waals surface area contributed by atoms with Crippen LogP contribution in [0.15, 0.2) is 9.59 Å². The SMILES string of the molecule is Cn1c([O-])nc(=O)n(C)c1=O. The van der Waals surface area contributed by atoms with Crippen molar-refractivity contribution in [2.75, 3.05) is 0 Å². The van der Waals surface area contributed by atoms with E-state index in [0.29, 0.717) is 0 Å². The van der Waals surface area contributed by atoms with E-state index in [9.17, 15) is 14.7 Å². The normalized spacial score (nSPS) is 10.0. The van der Waals surface area contributed by atoms with Crippen molar-refractivity contribution >= 4 is 0 Å². The molecular formula is C5H6N3O3-. The minimum atomic E-state index is -0.821. The highest BCUT2D eigenvalue weighted by molar-refractivity contribution is 4.87. The molecule has 6 heteroatoms. The molecule has 0 spiro atoms. The first-order chi connectivity index (χ1) is 5.04. The van der Waals surface area contributed by atoms with Crippen LogP contribution in [0.3, 0.4) is 0 Å². The smallest absolute Gasteiger partial charge is 0.352 e. The minimum absolute atomic E-state index is 0.657. The molecule has 0 saturated carbocycles. The Hall–Kier alpha value is -1.59. The van der Waals surface area contributed by atoms with E-state index in [1.54, 1.807) is 0 Å². The van der Waals surface area contributed by atoms with Crippen LogP contribution in [-0.2, 0) is 14.1 Å². The quantitative estimate of drug-likeness (QED) is 0.417. The Morgan fingerprint density at radius 3 is 2.36 bits per heavy atom. The predicted molar refractivity (Wildman–Crippen MR) is 34.2 cm³/mol. The molecule has 0 fully saturated rings. The molecule has 60 valence electrons. The summed E-state index contributed by atoms with van der Waals surface area (Å²) >= 11 is 0. The summed E-state index contributed by atoms with van der Waals surface area (Å²) in [5, 5.41) is 10.7. The number of rotatable bonds is 0. The fraction of sp³-hybridized carbons (Fsp3) is 0.400. The van der Waals surface area contributed by atoms with E-state index in [2.05, 4.69) is 4.98 Å². The first-order valence-electron chi connectivity index (χ1n) is 2.85. The largest absolute Gasteiger partial charge is 0.845 e. The Morgan fingerprint density at radius 1 is 1.27 bits per heavy atom. The highest BCUT2D eigenvalue weighted by Crippen LogP contribution is 1.83. The third kappa shape index (κ3) is 1.02. The van der Waals surface area contributed by atoms with Crippen LogP contribution in [0.4, 0.5) is 0 Å². The van der Waals surface area contributed by atoms with Crippen molar-refractivity contribution in [1.82, 2.24) is 14.1 Å². The van der Waals surface area contributed by atoms with Crippen LogP contribution < -0.4 is 16.5 Å². The van der Waals surface area contributed by atoms with Gasteiger partial charge in [-0.15, -0.1) is 0 Å². The molecule has 0 saturated heterocycles. The van der Waals surface area contributed by atoms with Crippen molar-refractivity contribution in [3.8, 4) is 6.01 Å². The summed E-state index contributed by atoms with van der Waals surface area (Å²) in [5.41, 5.74) is -1.48. The number of hydrogen-bond acceptors (Lipinski definition) is 4. The molecule has 6 nitrogen and oxygen atoms in total. The molecular weight excluding hydrogens is 150 g/mol. The molecule has 0 N–H and O–H groups in total. The maximum Gasteiger partial charge on any atom is 0.352 e. The van der Waals surface area contributed by atoms with Crippen LogP contribution in [0, 0.1) is 0 Å². The Bertz CT molecular complexity index is 389. The Morgan fingerprint density at radius 2 is 1.82 bits per heavy atom. The van der Waals surface area contributed by atoms with Crippen LogP contribution in [0.25, 0.3) is 0 Å². The lowest BCUT2D eigenvalue weighted by atomic mass is 10.8. The molecule has 0 aliphatic rings. The molecule has 0 aliphatic heterocycles. The Balaban J connectivity index is 3.74. The molecule has 0 radical (unpaired) electrons. The molecule has 1 heterocycles. The van der Waals surface area contributed by atoms with Gasteiger partial charge in [0.05, 0.1) is 6.01 Å². The monoisotopic (exact) mass is 156 g/mol. The first kappa shape index (κ1) is 7.52. The van der Waals surface area contributed by atoms with Crippen molar-refractivity contribution in [3.63, 3.8) is 0 Å². The van der Waals surface area contributed by atoms with Gasteiger partial charge in [-0.3, -0.25) is 4.57 Å². The number of hydrogen-bond donors (Lipinski definition) is 0. The molecule has 1 aromatic heterocycles. The maximum atomic E-state index is 10.9. The summed E-state index contributed by atoms with van der Waals surface area (Å²) in [6, 6.07) is -0.821. The van der Waals surface area contributed by atoms with Crippen molar-refractivity contribution in [3.05, 3.63) is 21.0 Å². The molecule has 1 aromatic rings. The van der Waals surface area contributed by atoms with Crippen LogP contribution in [-0.4, -0.2) is 14.1 Å². The van der Waals surface area contributed by atoms with Crippen LogP contribution in [0.2, 0.25) is 0 Å². The average Bonchev–Trinajstić information content (AvgIpc) is 1.97. The van der Waals surface area contributed by atoms with Gasteiger partial charge in [0.2, 0.25) is 0 Å². The highest BCUT2D eigenvalue weighted by Gasteiger charge is 1.98. The van der Waals surface area contributed by atoms with E-state index in [-0.39, 0.29) is 0 Å². The minimum Gasteiger partial charge on any atom is -0.845 e. The predicted octanol–water partition coefficient (Wildman–Crippen LogP) is -2.45. The number of aromatic nitrogens is 3. The fourth-order valence-corrected chi connectivity index (χ4v) is 0.620. The van der Waals surface area contributed by atoms with Crippen molar-refractivity contribution in [1.29, 1.82) is 0 Å². The standard InChI is InChI=1S/C5H7N3O3/c1-7-3(9)6-4(10)8(2)5(7)11/h1-2H3,(H,6,9,10)/p-1. The summed E-state index contributed by atoms with van der Waals surface area (Å²) < 4.78 is 1.53. The van der Waals surface area contributed by atoms with Crippen LogP contribution in [0.1, 0.15) is 0 Å². The van der Waals surface area contributed by atoms with E-state index in [4.69, 9.17) is 0 Å². The second-order valence-corrected chi connectivity index (χ2v) is 2.08. The summed E-state index contributed by atoms with van der Waals surface area (Å²) in [7, 11) is 2.52. The summed E-state index contributed by atoms with van der Waals surface area (Å²) in [5.74, 6) is 0. The molecule has 11 heavy (non-hydrogen) atoms. The maximum absolute atomic E-state index is 10.9. The van der Waals surface area contributed by atoms with Gasteiger partial charge in [-0.05, 0) is 0 Å². The summed E-state index contributed by atoms with van der Waals surface area (Å²) in [4.78, 5) is 24.6. The zero-order valence-electron chi connectivity index (χ0n) is 6.07. The van der Waals surface area contributed by atoms with Gasteiger partial charge < -0.3 is 5.11 Å².